The number of anilines is 1. The molecule has 0 spiro atoms. The monoisotopic (exact) mass is 376 g/mol. The minimum Gasteiger partial charge on any atom is -0.495 e. The Kier molecular flexibility index (Phi) is 5.26. The number of methoxy groups -OCH3 is 1. The first kappa shape index (κ1) is 17.3. The molecule has 1 aromatic heterocycles. The van der Waals surface area contributed by atoms with Crippen LogP contribution < -0.4 is 14.8 Å². The Morgan fingerprint density at radius 3 is 2.76 bits per heavy atom. The molecule has 0 fully saturated rings. The maximum absolute atomic E-state index is 12.2. The second-order valence-corrected chi connectivity index (χ2v) is 5.97. The minimum atomic E-state index is -0.348. The number of aromatic nitrogens is 1. The van der Waals surface area contributed by atoms with E-state index in [0.29, 0.717) is 32.7 Å². The van der Waals surface area contributed by atoms with Gasteiger partial charge >= 0.3 is 0 Å². The zero-order chi connectivity index (χ0) is 17.8. The van der Waals surface area contributed by atoms with Gasteiger partial charge < -0.3 is 14.8 Å². The summed E-state index contributed by atoms with van der Waals surface area (Å²) in [6, 6.07) is 12.0. The summed E-state index contributed by atoms with van der Waals surface area (Å²) in [5, 5.41) is 4.54. The summed E-state index contributed by atoms with van der Waals surface area (Å²) in [4.78, 5) is 16.5. The molecule has 1 amide bonds. The van der Waals surface area contributed by atoms with Gasteiger partial charge in [-0.05, 0) is 42.5 Å². The number of rotatable bonds is 5. The van der Waals surface area contributed by atoms with E-state index in [1.54, 1.807) is 42.6 Å². The highest BCUT2D eigenvalue weighted by Crippen LogP contribution is 2.30. The summed E-state index contributed by atoms with van der Waals surface area (Å²) in [6.07, 6.45) is 1.64. The Balaban J connectivity index is 1.73. The third-order valence-electron chi connectivity index (χ3n) is 3.47. The molecule has 1 heterocycles. The average molecular weight is 377 g/mol. The van der Waals surface area contributed by atoms with E-state index in [2.05, 4.69) is 10.3 Å². The van der Waals surface area contributed by atoms with Gasteiger partial charge in [0.05, 0.1) is 17.8 Å². The van der Waals surface area contributed by atoms with Crippen molar-refractivity contribution < 1.29 is 14.3 Å². The quantitative estimate of drug-likeness (QED) is 0.708. The van der Waals surface area contributed by atoms with Crippen LogP contribution >= 0.6 is 23.2 Å². The lowest BCUT2D eigenvalue weighted by Crippen LogP contribution is -2.20. The number of nitrogens with one attached hydrogen (secondary N) is 1. The Bertz CT molecular complexity index is 931. The topological polar surface area (TPSA) is 60.5 Å². The van der Waals surface area contributed by atoms with Crippen LogP contribution in [0.15, 0.2) is 48.7 Å². The maximum Gasteiger partial charge on any atom is 0.262 e. The van der Waals surface area contributed by atoms with Gasteiger partial charge in [-0.25, -0.2) is 0 Å². The Morgan fingerprint density at radius 2 is 1.96 bits per heavy atom. The van der Waals surface area contributed by atoms with E-state index in [1.165, 1.54) is 7.11 Å². The molecule has 0 bridgehead atoms. The molecule has 0 aliphatic heterocycles. The van der Waals surface area contributed by atoms with E-state index < -0.39 is 0 Å². The minimum absolute atomic E-state index is 0.191. The van der Waals surface area contributed by atoms with Crippen molar-refractivity contribution in [3.8, 4) is 11.5 Å². The van der Waals surface area contributed by atoms with Crippen LogP contribution in [0, 0.1) is 0 Å². The van der Waals surface area contributed by atoms with Crippen molar-refractivity contribution in [2.24, 2.45) is 0 Å². The first-order chi connectivity index (χ1) is 12.1. The third-order valence-corrected chi connectivity index (χ3v) is 4.04. The highest BCUT2D eigenvalue weighted by Gasteiger charge is 2.11. The summed E-state index contributed by atoms with van der Waals surface area (Å²) in [6.45, 7) is -0.191. The molecule has 25 heavy (non-hydrogen) atoms. The molecular weight excluding hydrogens is 363 g/mol. The van der Waals surface area contributed by atoms with Gasteiger partial charge in [0, 0.05) is 16.6 Å². The molecule has 3 aromatic rings. The van der Waals surface area contributed by atoms with Crippen molar-refractivity contribution in [1.82, 2.24) is 4.98 Å². The van der Waals surface area contributed by atoms with E-state index in [9.17, 15) is 4.79 Å². The zero-order valence-electron chi connectivity index (χ0n) is 13.3. The van der Waals surface area contributed by atoms with Crippen LogP contribution in [0.1, 0.15) is 0 Å². The standard InChI is InChI=1S/C18H14Cl2N2O3/c1-24-15-6-4-11(19)9-14(15)22-17(23)10-25-16-7-5-13(20)12-3-2-8-21-18(12)16/h2-9H,10H2,1H3,(H,22,23). The number of hydrogen-bond acceptors (Lipinski definition) is 4. The van der Waals surface area contributed by atoms with Gasteiger partial charge in [0.15, 0.2) is 6.61 Å². The van der Waals surface area contributed by atoms with Gasteiger partial charge in [0.1, 0.15) is 17.0 Å². The van der Waals surface area contributed by atoms with Gasteiger partial charge in [-0.2, -0.15) is 0 Å². The fraction of sp³-hybridized carbons (Fsp3) is 0.111. The predicted octanol–water partition coefficient (Wildman–Crippen LogP) is 4.57. The first-order valence-electron chi connectivity index (χ1n) is 7.38. The number of carbonyl (C=O) groups excluding carboxylic acids is 1. The van der Waals surface area contributed by atoms with Crippen molar-refractivity contribution in [2.45, 2.75) is 0 Å². The molecule has 0 aliphatic rings. The van der Waals surface area contributed by atoms with Crippen molar-refractivity contribution >= 4 is 45.7 Å². The van der Waals surface area contributed by atoms with E-state index in [0.717, 1.165) is 5.39 Å². The summed E-state index contributed by atoms with van der Waals surface area (Å²) in [5.74, 6) is 0.643. The van der Waals surface area contributed by atoms with Gasteiger partial charge in [0.25, 0.3) is 5.91 Å². The molecule has 0 saturated carbocycles. The van der Waals surface area contributed by atoms with Crippen LogP contribution in [-0.2, 0) is 4.79 Å². The lowest BCUT2D eigenvalue weighted by atomic mass is 10.2. The Morgan fingerprint density at radius 1 is 1.16 bits per heavy atom. The molecule has 1 N–H and O–H groups in total. The second kappa shape index (κ2) is 7.59. The molecule has 7 heteroatoms. The summed E-state index contributed by atoms with van der Waals surface area (Å²) < 4.78 is 10.8. The lowest BCUT2D eigenvalue weighted by molar-refractivity contribution is -0.118. The van der Waals surface area contributed by atoms with E-state index in [-0.39, 0.29) is 12.5 Å². The van der Waals surface area contributed by atoms with Crippen LogP contribution in [0.4, 0.5) is 5.69 Å². The number of carbonyl (C=O) groups is 1. The molecule has 0 saturated heterocycles. The van der Waals surface area contributed by atoms with Gasteiger partial charge in [-0.1, -0.05) is 23.2 Å². The number of halogens is 2. The third kappa shape index (κ3) is 3.95. The smallest absolute Gasteiger partial charge is 0.262 e. The van der Waals surface area contributed by atoms with Crippen LogP contribution in [0.2, 0.25) is 10.0 Å². The van der Waals surface area contributed by atoms with Gasteiger partial charge in [-0.3, -0.25) is 9.78 Å². The average Bonchev–Trinajstić information content (AvgIpc) is 2.62. The first-order valence-corrected chi connectivity index (χ1v) is 8.13. The molecular formula is C18H14Cl2N2O3. The number of benzene rings is 2. The molecule has 2 aromatic carbocycles. The fourth-order valence-corrected chi connectivity index (χ4v) is 2.72. The highest BCUT2D eigenvalue weighted by atomic mass is 35.5. The predicted molar refractivity (Wildman–Crippen MR) is 98.9 cm³/mol. The van der Waals surface area contributed by atoms with Crippen molar-refractivity contribution in [1.29, 1.82) is 0 Å². The number of amides is 1. The van der Waals surface area contributed by atoms with Gasteiger partial charge in [0.2, 0.25) is 0 Å². The van der Waals surface area contributed by atoms with Crippen LogP contribution in [-0.4, -0.2) is 24.6 Å². The number of hydrogen-bond donors (Lipinski definition) is 1. The number of pyridine rings is 1. The van der Waals surface area contributed by atoms with Crippen LogP contribution in [0.3, 0.4) is 0 Å². The molecule has 0 radical (unpaired) electrons. The normalized spacial score (nSPS) is 10.5. The largest absolute Gasteiger partial charge is 0.495 e. The Labute approximate surface area is 154 Å². The van der Waals surface area contributed by atoms with Gasteiger partial charge in [-0.15, -0.1) is 0 Å². The summed E-state index contributed by atoms with van der Waals surface area (Å²) in [7, 11) is 1.51. The highest BCUT2D eigenvalue weighted by molar-refractivity contribution is 6.35. The van der Waals surface area contributed by atoms with E-state index in [4.69, 9.17) is 32.7 Å². The molecule has 5 nitrogen and oxygen atoms in total. The number of nitrogens with zero attached hydrogens (tertiary/aromatic N) is 1. The summed E-state index contributed by atoms with van der Waals surface area (Å²) in [5.41, 5.74) is 1.07. The molecule has 0 atom stereocenters. The zero-order valence-corrected chi connectivity index (χ0v) is 14.8. The van der Waals surface area contributed by atoms with E-state index >= 15 is 0 Å². The number of fused-ring (bicyclic) bond motifs is 1. The van der Waals surface area contributed by atoms with E-state index in [1.807, 2.05) is 6.07 Å². The summed E-state index contributed by atoms with van der Waals surface area (Å²) >= 11 is 12.1. The molecule has 0 aliphatic carbocycles. The SMILES string of the molecule is COc1ccc(Cl)cc1NC(=O)COc1ccc(Cl)c2cccnc12. The van der Waals surface area contributed by atoms with Crippen LogP contribution in [0.5, 0.6) is 11.5 Å². The maximum atomic E-state index is 12.2. The molecule has 128 valence electrons. The lowest BCUT2D eigenvalue weighted by Gasteiger charge is -2.12. The second-order valence-electron chi connectivity index (χ2n) is 5.13. The molecule has 0 unspecified atom stereocenters. The number of ether oxygens (including phenoxy) is 2. The Hall–Kier alpha value is -2.50. The van der Waals surface area contributed by atoms with Crippen molar-refractivity contribution in [2.75, 3.05) is 19.0 Å². The molecule has 3 rings (SSSR count). The van der Waals surface area contributed by atoms with Crippen LogP contribution in [0.25, 0.3) is 10.9 Å². The van der Waals surface area contributed by atoms with Crippen molar-refractivity contribution in [3.63, 3.8) is 0 Å². The van der Waals surface area contributed by atoms with Crippen molar-refractivity contribution in [3.05, 3.63) is 58.7 Å². The fourth-order valence-electron chi connectivity index (χ4n) is 2.34.